The van der Waals surface area contributed by atoms with Crippen LogP contribution in [-0.4, -0.2) is 96.0 Å². The molecule has 298 valence electrons. The van der Waals surface area contributed by atoms with Gasteiger partial charge in [0.05, 0.1) is 6.61 Å². The highest BCUT2D eigenvalue weighted by atomic mass is 32.2. The molecular formula is C38H68O12S. The van der Waals surface area contributed by atoms with Crippen LogP contribution in [0.25, 0.3) is 0 Å². The lowest BCUT2D eigenvalue weighted by atomic mass is 10.00. The zero-order valence-electron chi connectivity index (χ0n) is 31.2. The first-order valence-corrected chi connectivity index (χ1v) is 21.0. The summed E-state index contributed by atoms with van der Waals surface area (Å²) in [5.41, 5.74) is 0. The van der Waals surface area contributed by atoms with Crippen LogP contribution in [0.1, 0.15) is 149 Å². The lowest BCUT2D eigenvalue weighted by Crippen LogP contribution is -2.60. The van der Waals surface area contributed by atoms with Gasteiger partial charge in [0.15, 0.2) is 12.4 Å². The van der Waals surface area contributed by atoms with E-state index in [0.717, 1.165) is 70.6 Å². The van der Waals surface area contributed by atoms with Crippen LogP contribution in [0.2, 0.25) is 0 Å². The third-order valence-electron chi connectivity index (χ3n) is 8.77. The van der Waals surface area contributed by atoms with Crippen molar-refractivity contribution in [1.29, 1.82) is 0 Å². The highest BCUT2D eigenvalue weighted by molar-refractivity contribution is 7.85. The number of ether oxygens (including phenoxy) is 4. The van der Waals surface area contributed by atoms with E-state index < -0.39 is 71.2 Å². The Hall–Kier alpha value is -1.87. The molecule has 51 heavy (non-hydrogen) atoms. The summed E-state index contributed by atoms with van der Waals surface area (Å²) in [5.74, 6) is -2.00. The molecule has 1 rings (SSSR count). The molecule has 6 unspecified atom stereocenters. The maximum atomic E-state index is 12.7. The molecule has 12 nitrogen and oxygen atoms in total. The summed E-state index contributed by atoms with van der Waals surface area (Å²) in [6.07, 6.45) is 19.6. The molecule has 0 bridgehead atoms. The van der Waals surface area contributed by atoms with E-state index in [0.29, 0.717) is 12.8 Å². The molecule has 1 aliphatic rings. The third kappa shape index (κ3) is 24.9. The van der Waals surface area contributed by atoms with Crippen molar-refractivity contribution in [3.63, 3.8) is 0 Å². The summed E-state index contributed by atoms with van der Waals surface area (Å²) in [7, 11) is -4.60. The second-order valence-corrected chi connectivity index (χ2v) is 15.1. The van der Waals surface area contributed by atoms with Gasteiger partial charge in [-0.3, -0.25) is 14.1 Å². The fourth-order valence-electron chi connectivity index (χ4n) is 5.71. The molecule has 13 heteroatoms. The molecule has 0 saturated carbocycles. The minimum absolute atomic E-state index is 0.150. The first kappa shape index (κ1) is 47.2. The van der Waals surface area contributed by atoms with Gasteiger partial charge in [-0.2, -0.15) is 8.42 Å². The average Bonchev–Trinajstić information content (AvgIpc) is 3.09. The van der Waals surface area contributed by atoms with Crippen LogP contribution in [0, 0.1) is 0 Å². The van der Waals surface area contributed by atoms with E-state index in [4.69, 9.17) is 18.9 Å². The molecular weight excluding hydrogens is 680 g/mol. The number of aliphatic hydroxyl groups is 3. The van der Waals surface area contributed by atoms with Crippen molar-refractivity contribution in [3.05, 3.63) is 24.3 Å². The van der Waals surface area contributed by atoms with Crippen molar-refractivity contribution < 1.29 is 56.8 Å². The van der Waals surface area contributed by atoms with E-state index >= 15 is 0 Å². The summed E-state index contributed by atoms with van der Waals surface area (Å²) in [6.45, 7) is 3.63. The first-order chi connectivity index (χ1) is 24.5. The summed E-state index contributed by atoms with van der Waals surface area (Å²) in [5, 5.41) is 30.7. The van der Waals surface area contributed by atoms with Gasteiger partial charge < -0.3 is 34.3 Å². The number of hydrogen-bond acceptors (Lipinski definition) is 11. The topological polar surface area (TPSA) is 186 Å². The Bertz CT molecular complexity index is 1060. The van der Waals surface area contributed by atoms with Crippen LogP contribution < -0.4 is 0 Å². The van der Waals surface area contributed by atoms with Gasteiger partial charge in [0, 0.05) is 12.8 Å². The minimum Gasteiger partial charge on any atom is -0.462 e. The smallest absolute Gasteiger partial charge is 0.306 e. The highest BCUT2D eigenvalue weighted by Gasteiger charge is 2.46. The zero-order valence-corrected chi connectivity index (χ0v) is 32.0. The van der Waals surface area contributed by atoms with Crippen LogP contribution in [0.3, 0.4) is 0 Å². The Balaban J connectivity index is 2.54. The van der Waals surface area contributed by atoms with Crippen molar-refractivity contribution in [2.45, 2.75) is 185 Å². The van der Waals surface area contributed by atoms with Crippen molar-refractivity contribution in [2.75, 3.05) is 19.0 Å². The van der Waals surface area contributed by atoms with Crippen LogP contribution >= 0.6 is 0 Å². The zero-order chi connectivity index (χ0) is 37.7. The summed E-state index contributed by atoms with van der Waals surface area (Å²) in [6, 6.07) is 0. The number of rotatable bonds is 31. The molecule has 0 aromatic rings. The van der Waals surface area contributed by atoms with Gasteiger partial charge in [0.25, 0.3) is 10.1 Å². The Morgan fingerprint density at radius 2 is 1.22 bits per heavy atom. The largest absolute Gasteiger partial charge is 0.462 e. The van der Waals surface area contributed by atoms with E-state index in [1.165, 1.54) is 38.5 Å². The van der Waals surface area contributed by atoms with Gasteiger partial charge >= 0.3 is 11.9 Å². The molecule has 0 aliphatic carbocycles. The maximum Gasteiger partial charge on any atom is 0.306 e. The SMILES string of the molecule is CCC/C=C\C/C=C\CCCCCCCC(=O)OC(COC(=O)CCCCCCCCCCCC)COC1OC(CS(=O)(=O)O)C(O)C(O)C1O. The van der Waals surface area contributed by atoms with Gasteiger partial charge in [0.1, 0.15) is 36.8 Å². The second-order valence-electron chi connectivity index (χ2n) is 13.6. The Morgan fingerprint density at radius 3 is 1.80 bits per heavy atom. The first-order valence-electron chi connectivity index (χ1n) is 19.4. The number of allylic oxidation sites excluding steroid dienone is 4. The van der Waals surface area contributed by atoms with E-state index in [-0.39, 0.29) is 19.4 Å². The van der Waals surface area contributed by atoms with Crippen molar-refractivity contribution in [1.82, 2.24) is 0 Å². The van der Waals surface area contributed by atoms with Crippen LogP contribution in [0.4, 0.5) is 0 Å². The normalized spacial score (nSPS) is 21.7. The third-order valence-corrected chi connectivity index (χ3v) is 9.51. The molecule has 1 heterocycles. The molecule has 0 aromatic heterocycles. The van der Waals surface area contributed by atoms with Gasteiger partial charge in [0.2, 0.25) is 0 Å². The predicted octanol–water partition coefficient (Wildman–Crippen LogP) is 6.50. The maximum absolute atomic E-state index is 12.7. The minimum atomic E-state index is -4.60. The standard InChI is InChI=1S/C38H68O12S/c1-3-5-7-9-11-13-15-16-17-19-21-23-25-27-34(40)49-31(28-47-33(39)26-24-22-20-18-14-12-10-8-6-4-2)29-48-38-37(43)36(42)35(41)32(50-38)30-51(44,45)46/h7,9,13,15,31-32,35-38,41-43H,3-6,8,10-12,14,16-30H2,1-2H3,(H,44,45,46)/b9-7-,15-13-. The predicted molar refractivity (Wildman–Crippen MR) is 196 cm³/mol. The number of carbonyl (C=O) groups excluding carboxylic acids is 2. The number of unbranched alkanes of at least 4 members (excludes halogenated alkanes) is 15. The van der Waals surface area contributed by atoms with E-state index in [1.54, 1.807) is 0 Å². The highest BCUT2D eigenvalue weighted by Crippen LogP contribution is 2.24. The van der Waals surface area contributed by atoms with Gasteiger partial charge in [-0.25, -0.2) is 0 Å². The monoisotopic (exact) mass is 748 g/mol. The van der Waals surface area contributed by atoms with Gasteiger partial charge in [-0.15, -0.1) is 0 Å². The Labute approximate surface area is 307 Å². The molecule has 0 aromatic carbocycles. The summed E-state index contributed by atoms with van der Waals surface area (Å²) >= 11 is 0. The number of hydrogen-bond donors (Lipinski definition) is 4. The Morgan fingerprint density at radius 1 is 0.667 bits per heavy atom. The fraction of sp³-hybridized carbons (Fsp3) is 0.842. The molecule has 1 fully saturated rings. The molecule has 0 spiro atoms. The molecule has 0 amide bonds. The quantitative estimate of drug-likeness (QED) is 0.0262. The average molecular weight is 749 g/mol. The Kier molecular flexibility index (Phi) is 27.3. The lowest BCUT2D eigenvalue weighted by molar-refractivity contribution is -0.297. The fourth-order valence-corrected chi connectivity index (χ4v) is 6.40. The van der Waals surface area contributed by atoms with Gasteiger partial charge in [-0.1, -0.05) is 122 Å². The number of carbonyl (C=O) groups is 2. The second kappa shape index (κ2) is 29.6. The summed E-state index contributed by atoms with van der Waals surface area (Å²) in [4.78, 5) is 25.2. The van der Waals surface area contributed by atoms with Crippen molar-refractivity contribution in [2.24, 2.45) is 0 Å². The van der Waals surface area contributed by atoms with Gasteiger partial charge in [-0.05, 0) is 38.5 Å². The van der Waals surface area contributed by atoms with Crippen molar-refractivity contribution in [3.8, 4) is 0 Å². The molecule has 4 N–H and O–H groups in total. The molecule has 1 saturated heterocycles. The lowest BCUT2D eigenvalue weighted by Gasteiger charge is -2.40. The van der Waals surface area contributed by atoms with Crippen molar-refractivity contribution >= 4 is 22.1 Å². The summed E-state index contributed by atoms with van der Waals surface area (Å²) < 4.78 is 53.7. The molecule has 0 radical (unpaired) electrons. The molecule has 1 aliphatic heterocycles. The number of aliphatic hydroxyl groups excluding tert-OH is 3. The van der Waals surface area contributed by atoms with Crippen LogP contribution in [-0.2, 0) is 38.7 Å². The van der Waals surface area contributed by atoms with E-state index in [1.807, 2.05) is 0 Å². The van der Waals surface area contributed by atoms with E-state index in [2.05, 4.69) is 38.2 Å². The van der Waals surface area contributed by atoms with Crippen LogP contribution in [0.5, 0.6) is 0 Å². The van der Waals surface area contributed by atoms with E-state index in [9.17, 15) is 37.9 Å². The molecule has 6 atom stereocenters. The van der Waals surface area contributed by atoms with Crippen LogP contribution in [0.15, 0.2) is 24.3 Å². The number of esters is 2.